The van der Waals surface area contributed by atoms with E-state index >= 15 is 0 Å². The van der Waals surface area contributed by atoms with Crippen LogP contribution in [0.25, 0.3) is 16.2 Å². The van der Waals surface area contributed by atoms with Gasteiger partial charge in [0.25, 0.3) is 0 Å². The number of pyridine rings is 2. The van der Waals surface area contributed by atoms with E-state index in [2.05, 4.69) is 9.97 Å². The molecule has 0 spiro atoms. The molecule has 5 unspecified atom stereocenters. The summed E-state index contributed by atoms with van der Waals surface area (Å²) in [7, 11) is 0. The van der Waals surface area contributed by atoms with Crippen LogP contribution < -0.4 is 16.1 Å². The van der Waals surface area contributed by atoms with Crippen LogP contribution in [0.3, 0.4) is 0 Å². The summed E-state index contributed by atoms with van der Waals surface area (Å²) in [5.74, 6) is -2.35. The molecule has 2 saturated heterocycles. The van der Waals surface area contributed by atoms with E-state index in [9.17, 15) is 39.9 Å². The van der Waals surface area contributed by atoms with Crippen LogP contribution in [-0.4, -0.2) is 109 Å². The highest BCUT2D eigenvalue weighted by Gasteiger charge is 2.48. The van der Waals surface area contributed by atoms with Gasteiger partial charge in [0, 0.05) is 43.4 Å². The molecule has 0 radical (unpaired) electrons. The second kappa shape index (κ2) is 11.2. The van der Waals surface area contributed by atoms with Gasteiger partial charge in [-0.25, -0.2) is 19.6 Å². The predicted molar refractivity (Wildman–Crippen MR) is 138 cm³/mol. The molecule has 7 atom stereocenters. The summed E-state index contributed by atoms with van der Waals surface area (Å²) in [4.78, 5) is 48.8. The maximum absolute atomic E-state index is 13.4. The summed E-state index contributed by atoms with van der Waals surface area (Å²) in [6.45, 7) is 1.45. The van der Waals surface area contributed by atoms with Gasteiger partial charge < -0.3 is 45.6 Å². The van der Waals surface area contributed by atoms with Gasteiger partial charge in [-0.1, -0.05) is 0 Å². The topological polar surface area (TPSA) is 231 Å². The first-order valence-electron chi connectivity index (χ1n) is 12.3. The molecule has 0 aromatic carbocycles. The van der Waals surface area contributed by atoms with E-state index in [0.717, 1.165) is 0 Å². The van der Waals surface area contributed by atoms with Gasteiger partial charge in [0.15, 0.2) is 16.9 Å². The number of carboxylic acid groups (broad SMARTS) is 1. The van der Waals surface area contributed by atoms with Crippen LogP contribution in [0.5, 0.6) is 0 Å². The summed E-state index contributed by atoms with van der Waals surface area (Å²) in [5.41, 5.74) is 4.80. The molecule has 0 aliphatic carbocycles. The maximum atomic E-state index is 13.4. The Bertz CT molecular complexity index is 1450. The van der Waals surface area contributed by atoms with Gasteiger partial charge in [-0.2, -0.15) is 0 Å². The van der Waals surface area contributed by atoms with Gasteiger partial charge in [-0.3, -0.25) is 9.36 Å². The third-order valence-electron chi connectivity index (χ3n) is 7.16. The van der Waals surface area contributed by atoms with Crippen LogP contribution in [0, 0.1) is 11.8 Å². The van der Waals surface area contributed by atoms with Gasteiger partial charge in [0.1, 0.15) is 29.7 Å². The Kier molecular flexibility index (Phi) is 7.83. The number of rotatable bonds is 7. The molecule has 3 aromatic rings. The average molecular weight is 578 g/mol. The number of hydrogen-bond acceptors (Lipinski definition) is 14. The van der Waals surface area contributed by atoms with Crippen molar-refractivity contribution in [3.63, 3.8) is 0 Å². The number of thiazole rings is 1. The monoisotopic (exact) mass is 577 g/mol. The van der Waals surface area contributed by atoms with Crippen LogP contribution in [-0.2, 0) is 14.3 Å². The highest BCUT2D eigenvalue weighted by Crippen LogP contribution is 2.29. The first kappa shape index (κ1) is 28.0. The Morgan fingerprint density at radius 2 is 1.90 bits per heavy atom. The highest BCUT2D eigenvalue weighted by atomic mass is 32.1. The zero-order chi connectivity index (χ0) is 28.7. The molecule has 2 fully saturated rings. The molecular weight excluding hydrogens is 550 g/mol. The maximum Gasteiger partial charge on any atom is 0.346 e. The van der Waals surface area contributed by atoms with Crippen molar-refractivity contribution in [3.05, 3.63) is 45.7 Å². The summed E-state index contributed by atoms with van der Waals surface area (Å²) >= 11 is 1.21. The zero-order valence-electron chi connectivity index (χ0n) is 20.8. The van der Waals surface area contributed by atoms with E-state index in [1.54, 1.807) is 11.4 Å². The Balaban J connectivity index is 1.52. The van der Waals surface area contributed by atoms with E-state index < -0.39 is 53.6 Å². The largest absolute Gasteiger partial charge is 0.479 e. The number of anilines is 1. The lowest BCUT2D eigenvalue weighted by Gasteiger charge is -2.37. The molecule has 15 nitrogen and oxygen atoms in total. The first-order valence-corrected chi connectivity index (χ1v) is 13.2. The van der Waals surface area contributed by atoms with Gasteiger partial charge in [0.2, 0.25) is 11.7 Å². The Labute approximate surface area is 229 Å². The highest BCUT2D eigenvalue weighted by molar-refractivity contribution is 7.12. The molecule has 0 saturated carbocycles. The number of fused-ring (bicyclic) bond motifs is 1. The van der Waals surface area contributed by atoms with Gasteiger partial charge in [0.05, 0.1) is 5.39 Å². The lowest BCUT2D eigenvalue weighted by atomic mass is 9.97. The molecule has 5 rings (SSSR count). The number of hydrogen-bond donors (Lipinski definition) is 6. The quantitative estimate of drug-likeness (QED) is 0.165. The number of nitrogens with two attached hydrogens (primary N) is 1. The van der Waals surface area contributed by atoms with E-state index in [4.69, 9.17) is 15.2 Å². The number of carbonyl (C=O) groups is 2. The number of aliphatic carboxylic acids is 1. The van der Waals surface area contributed by atoms with Crippen LogP contribution in [0.15, 0.2) is 34.7 Å². The molecule has 214 valence electrons. The van der Waals surface area contributed by atoms with Gasteiger partial charge in [-0.05, 0) is 24.6 Å². The van der Waals surface area contributed by atoms with Crippen molar-refractivity contribution >= 4 is 40.1 Å². The first-order chi connectivity index (χ1) is 19.1. The Morgan fingerprint density at radius 1 is 1.15 bits per heavy atom. The second-order valence-electron chi connectivity index (χ2n) is 9.58. The molecule has 7 N–H and O–H groups in total. The number of aromatic nitrogens is 3. The Hall–Kier alpha value is -3.51. The minimum absolute atomic E-state index is 0.0240. The number of aliphatic hydroxyl groups is 4. The average Bonchev–Trinajstić information content (AvgIpc) is 3.63. The number of carbonyl (C=O) groups excluding carboxylic acids is 1. The molecule has 3 aromatic heterocycles. The third-order valence-corrected chi connectivity index (χ3v) is 7.93. The molecule has 5 heterocycles. The summed E-state index contributed by atoms with van der Waals surface area (Å²) in [5, 5.41) is 51.2. The number of carboxylic acids is 1. The number of aliphatic hydroxyl groups excluding tert-OH is 4. The van der Waals surface area contributed by atoms with E-state index in [1.165, 1.54) is 34.4 Å². The zero-order valence-corrected chi connectivity index (χ0v) is 21.6. The standard InChI is InChI=1S/C24H27N5O10S/c25-5-10-6-28(7-11(10)9-30)14-2-1-12-15(31)13(8-29(20(12)27-14)24-26-3-4-40-24)22(37)39-23-18(34)16(32)17(33)19(38-23)21(35)36/h1-4,8,10-11,16-19,23,30,32-34H,5-7,9,25H2,(H,35,36)/t10-,11+,16?,17?,18?,19?,23?/m0/s1. The minimum Gasteiger partial charge on any atom is -0.479 e. The minimum atomic E-state index is -1.99. The molecule has 2 aliphatic rings. The number of esters is 1. The third kappa shape index (κ3) is 4.94. The molecule has 16 heteroatoms. The number of ether oxygens (including phenoxy) is 2. The molecular formula is C24H27N5O10S. The van der Waals surface area contributed by atoms with Crippen molar-refractivity contribution in [2.75, 3.05) is 31.1 Å². The molecule has 2 aliphatic heterocycles. The summed E-state index contributed by atoms with van der Waals surface area (Å²) in [6.07, 6.45) is -7.24. The van der Waals surface area contributed by atoms with Crippen molar-refractivity contribution in [1.82, 2.24) is 14.5 Å². The SMILES string of the molecule is NC[C@H]1CN(c2ccc3c(=O)c(C(=O)OC4OC(C(=O)O)C(O)C(O)C4O)cn(-c4nccs4)c3n2)C[C@@H]1CO. The fourth-order valence-corrected chi connectivity index (χ4v) is 5.53. The van der Waals surface area contributed by atoms with Gasteiger partial charge >= 0.3 is 11.9 Å². The van der Waals surface area contributed by atoms with Crippen LogP contribution in [0.4, 0.5) is 5.82 Å². The van der Waals surface area contributed by atoms with Crippen molar-refractivity contribution in [2.24, 2.45) is 17.6 Å². The summed E-state index contributed by atoms with van der Waals surface area (Å²) in [6, 6.07) is 3.11. The second-order valence-corrected chi connectivity index (χ2v) is 10.5. The van der Waals surface area contributed by atoms with Crippen molar-refractivity contribution in [2.45, 2.75) is 30.7 Å². The van der Waals surface area contributed by atoms with Crippen LogP contribution >= 0.6 is 11.3 Å². The summed E-state index contributed by atoms with van der Waals surface area (Å²) < 4.78 is 11.5. The normalized spacial score (nSPS) is 28.6. The van der Waals surface area contributed by atoms with Crippen molar-refractivity contribution in [1.29, 1.82) is 0 Å². The molecule has 0 amide bonds. The van der Waals surface area contributed by atoms with Crippen LogP contribution in [0.1, 0.15) is 10.4 Å². The smallest absolute Gasteiger partial charge is 0.346 e. The van der Waals surface area contributed by atoms with Crippen LogP contribution in [0.2, 0.25) is 0 Å². The van der Waals surface area contributed by atoms with Crippen molar-refractivity contribution < 1.29 is 44.6 Å². The number of nitrogens with zero attached hydrogens (tertiary/aromatic N) is 4. The molecule has 0 bridgehead atoms. The molecule has 40 heavy (non-hydrogen) atoms. The Morgan fingerprint density at radius 3 is 2.52 bits per heavy atom. The van der Waals surface area contributed by atoms with E-state index in [0.29, 0.717) is 30.6 Å². The van der Waals surface area contributed by atoms with Gasteiger partial charge in [-0.15, -0.1) is 11.3 Å². The lowest BCUT2D eigenvalue weighted by molar-refractivity contribution is -0.278. The van der Waals surface area contributed by atoms with E-state index in [1.807, 2.05) is 4.90 Å². The predicted octanol–water partition coefficient (Wildman–Crippen LogP) is -2.11. The fraction of sp³-hybridized carbons (Fsp3) is 0.458. The van der Waals surface area contributed by atoms with E-state index in [-0.39, 0.29) is 29.5 Å². The fourth-order valence-electron chi connectivity index (χ4n) is 4.91. The van der Waals surface area contributed by atoms with Crippen molar-refractivity contribution in [3.8, 4) is 5.13 Å². The lowest BCUT2D eigenvalue weighted by Crippen LogP contribution is -2.60.